The first-order valence-electron chi connectivity index (χ1n) is 4.61. The Bertz CT molecular complexity index is 248. The average molecular weight is 225 g/mol. The predicted octanol–water partition coefficient (Wildman–Crippen LogP) is 1.05. The third-order valence-electron chi connectivity index (χ3n) is 2.47. The molecule has 0 radical (unpaired) electrons. The number of amidine groups is 1. The zero-order chi connectivity index (χ0) is 11.5. The number of hydrogen-bond acceptors (Lipinski definition) is 3. The van der Waals surface area contributed by atoms with E-state index < -0.39 is 12.7 Å². The first-order valence-corrected chi connectivity index (χ1v) is 4.61. The molecular weight excluding hydrogens is 211 g/mol. The molecule has 0 atom stereocenters. The number of nitrogens with one attached hydrogen (secondary N) is 1. The van der Waals surface area contributed by atoms with Gasteiger partial charge in [0, 0.05) is 13.0 Å². The van der Waals surface area contributed by atoms with Gasteiger partial charge in [-0.05, 0) is 18.3 Å². The summed E-state index contributed by atoms with van der Waals surface area (Å²) in [4.78, 5) is 0. The minimum Gasteiger partial charge on any atom is -0.409 e. The summed E-state index contributed by atoms with van der Waals surface area (Å²) >= 11 is 0. The van der Waals surface area contributed by atoms with Gasteiger partial charge in [0.2, 0.25) is 0 Å². The van der Waals surface area contributed by atoms with Crippen LogP contribution in [0.3, 0.4) is 0 Å². The number of halogens is 3. The van der Waals surface area contributed by atoms with Crippen molar-refractivity contribution in [2.24, 2.45) is 16.3 Å². The normalized spacial score (nSPS) is 20.3. The maximum atomic E-state index is 11.8. The monoisotopic (exact) mass is 225 g/mol. The van der Waals surface area contributed by atoms with Crippen molar-refractivity contribution in [2.45, 2.75) is 25.4 Å². The highest BCUT2D eigenvalue weighted by molar-refractivity contribution is 5.80. The summed E-state index contributed by atoms with van der Waals surface area (Å²) in [7, 11) is 0. The Balaban J connectivity index is 2.26. The van der Waals surface area contributed by atoms with Crippen molar-refractivity contribution >= 4 is 5.84 Å². The molecule has 0 aromatic carbocycles. The molecule has 15 heavy (non-hydrogen) atoms. The van der Waals surface area contributed by atoms with Crippen molar-refractivity contribution in [3.8, 4) is 0 Å². The molecule has 0 aliphatic heterocycles. The van der Waals surface area contributed by atoms with Crippen molar-refractivity contribution in [3.63, 3.8) is 0 Å². The van der Waals surface area contributed by atoms with Gasteiger partial charge >= 0.3 is 6.18 Å². The summed E-state index contributed by atoms with van der Waals surface area (Å²) in [5.41, 5.74) is 5.07. The van der Waals surface area contributed by atoms with Crippen LogP contribution in [0.25, 0.3) is 0 Å². The van der Waals surface area contributed by atoms with Crippen LogP contribution in [0.2, 0.25) is 0 Å². The first-order chi connectivity index (χ1) is 6.87. The molecule has 0 aromatic rings. The molecule has 0 bridgehead atoms. The fourth-order valence-corrected chi connectivity index (χ4v) is 1.48. The molecule has 0 unspecified atom stereocenters. The molecule has 0 saturated heterocycles. The second-order valence-electron chi connectivity index (χ2n) is 3.99. The Labute approximate surface area is 85.3 Å². The molecule has 0 aromatic heterocycles. The van der Waals surface area contributed by atoms with Crippen molar-refractivity contribution in [1.29, 1.82) is 0 Å². The number of alkyl halides is 3. The molecule has 1 aliphatic carbocycles. The van der Waals surface area contributed by atoms with Gasteiger partial charge in [0.05, 0.1) is 6.54 Å². The van der Waals surface area contributed by atoms with Gasteiger partial charge in [-0.3, -0.25) is 0 Å². The van der Waals surface area contributed by atoms with E-state index in [1.165, 1.54) is 0 Å². The van der Waals surface area contributed by atoms with Crippen LogP contribution in [0, 0.1) is 5.41 Å². The quantitative estimate of drug-likeness (QED) is 0.283. The van der Waals surface area contributed by atoms with Gasteiger partial charge in [-0.25, -0.2) is 0 Å². The van der Waals surface area contributed by atoms with Crippen LogP contribution in [0.5, 0.6) is 0 Å². The van der Waals surface area contributed by atoms with E-state index in [-0.39, 0.29) is 17.8 Å². The Kier molecular flexibility index (Phi) is 3.43. The zero-order valence-electron chi connectivity index (χ0n) is 8.14. The lowest BCUT2D eigenvalue weighted by atomic mass is 10.0. The molecule has 4 N–H and O–H groups in total. The minimum absolute atomic E-state index is 0.0707. The number of hydrogen-bond donors (Lipinski definition) is 3. The molecular formula is C8H14F3N3O. The molecule has 1 aliphatic rings. The smallest absolute Gasteiger partial charge is 0.401 e. The van der Waals surface area contributed by atoms with Gasteiger partial charge in [-0.2, -0.15) is 13.2 Å². The number of rotatable bonds is 5. The molecule has 4 nitrogen and oxygen atoms in total. The van der Waals surface area contributed by atoms with E-state index in [1.54, 1.807) is 0 Å². The van der Waals surface area contributed by atoms with E-state index in [0.29, 0.717) is 6.42 Å². The molecule has 1 rings (SSSR count). The van der Waals surface area contributed by atoms with E-state index in [0.717, 1.165) is 12.8 Å². The van der Waals surface area contributed by atoms with Gasteiger partial charge in [-0.15, -0.1) is 0 Å². The number of oxime groups is 1. The van der Waals surface area contributed by atoms with Crippen LogP contribution in [0.4, 0.5) is 13.2 Å². The summed E-state index contributed by atoms with van der Waals surface area (Å²) < 4.78 is 35.5. The first kappa shape index (κ1) is 12.1. The maximum absolute atomic E-state index is 11.8. The fraction of sp³-hybridized carbons (Fsp3) is 0.875. The van der Waals surface area contributed by atoms with Gasteiger partial charge < -0.3 is 16.3 Å². The molecule has 0 spiro atoms. The lowest BCUT2D eigenvalue weighted by molar-refractivity contribution is -0.125. The molecule has 1 saturated carbocycles. The molecule has 88 valence electrons. The van der Waals surface area contributed by atoms with Gasteiger partial charge in [-0.1, -0.05) is 5.16 Å². The van der Waals surface area contributed by atoms with Crippen LogP contribution in [0.1, 0.15) is 19.3 Å². The van der Waals surface area contributed by atoms with Gasteiger partial charge in [0.15, 0.2) is 0 Å². The predicted molar refractivity (Wildman–Crippen MR) is 48.6 cm³/mol. The highest BCUT2D eigenvalue weighted by atomic mass is 19.4. The summed E-state index contributed by atoms with van der Waals surface area (Å²) in [6.07, 6.45) is -2.22. The largest absolute Gasteiger partial charge is 0.409 e. The SMILES string of the molecule is NC(CC1(CNCC(F)(F)F)CC1)=NO. The van der Waals surface area contributed by atoms with Gasteiger partial charge in [0.25, 0.3) is 0 Å². The standard InChI is InChI=1S/C8H14F3N3O/c9-8(10,11)5-13-4-7(1-2-7)3-6(12)14-15/h13,15H,1-5H2,(H2,12,14). The summed E-state index contributed by atoms with van der Waals surface area (Å²) in [5, 5.41) is 13.5. The van der Waals surface area contributed by atoms with E-state index in [2.05, 4.69) is 10.5 Å². The highest BCUT2D eigenvalue weighted by Gasteiger charge is 2.43. The zero-order valence-corrected chi connectivity index (χ0v) is 8.14. The molecule has 0 amide bonds. The van der Waals surface area contributed by atoms with Crippen LogP contribution in [-0.2, 0) is 0 Å². The topological polar surface area (TPSA) is 70.6 Å². The molecule has 1 fully saturated rings. The van der Waals surface area contributed by atoms with E-state index >= 15 is 0 Å². The Morgan fingerprint density at radius 3 is 2.47 bits per heavy atom. The van der Waals surface area contributed by atoms with Crippen LogP contribution in [0.15, 0.2) is 5.16 Å². The fourth-order valence-electron chi connectivity index (χ4n) is 1.48. The van der Waals surface area contributed by atoms with E-state index in [1.807, 2.05) is 0 Å². The van der Waals surface area contributed by atoms with Crippen molar-refractivity contribution in [2.75, 3.05) is 13.1 Å². The highest BCUT2D eigenvalue weighted by Crippen LogP contribution is 2.48. The van der Waals surface area contributed by atoms with E-state index in [9.17, 15) is 13.2 Å². The molecule has 0 heterocycles. The van der Waals surface area contributed by atoms with Crippen LogP contribution in [-0.4, -0.2) is 30.3 Å². The maximum Gasteiger partial charge on any atom is 0.401 e. The number of nitrogens with two attached hydrogens (primary N) is 1. The summed E-state index contributed by atoms with van der Waals surface area (Å²) in [6.45, 7) is -0.742. The molecule has 7 heteroatoms. The average Bonchev–Trinajstić information content (AvgIpc) is 2.83. The Hall–Kier alpha value is -0.980. The van der Waals surface area contributed by atoms with Crippen molar-refractivity contribution in [1.82, 2.24) is 5.32 Å². The third kappa shape index (κ3) is 4.37. The Morgan fingerprint density at radius 2 is 2.07 bits per heavy atom. The Morgan fingerprint density at radius 1 is 1.47 bits per heavy atom. The number of nitrogens with zero attached hydrogens (tertiary/aromatic N) is 1. The van der Waals surface area contributed by atoms with E-state index in [4.69, 9.17) is 10.9 Å². The van der Waals surface area contributed by atoms with Crippen molar-refractivity contribution < 1.29 is 18.4 Å². The second-order valence-corrected chi connectivity index (χ2v) is 3.99. The third-order valence-corrected chi connectivity index (χ3v) is 2.47. The van der Waals surface area contributed by atoms with Gasteiger partial charge in [0.1, 0.15) is 5.84 Å². The van der Waals surface area contributed by atoms with Crippen LogP contribution >= 0.6 is 0 Å². The lowest BCUT2D eigenvalue weighted by Crippen LogP contribution is -2.34. The second kappa shape index (κ2) is 4.26. The van der Waals surface area contributed by atoms with Crippen molar-refractivity contribution in [3.05, 3.63) is 0 Å². The minimum atomic E-state index is -4.19. The van der Waals surface area contributed by atoms with Crippen LogP contribution < -0.4 is 11.1 Å². The summed E-state index contributed by atoms with van der Waals surface area (Å²) in [5.74, 6) is 0.0707. The lowest BCUT2D eigenvalue weighted by Gasteiger charge is -2.15. The summed E-state index contributed by atoms with van der Waals surface area (Å²) in [6, 6.07) is 0.